The minimum atomic E-state index is 0.177. The zero-order valence-electron chi connectivity index (χ0n) is 14.4. The molecule has 0 atom stereocenters. The normalized spacial score (nSPS) is 14.8. The van der Waals surface area contributed by atoms with Crippen LogP contribution in [0.2, 0.25) is 0 Å². The van der Waals surface area contributed by atoms with Gasteiger partial charge in [0.25, 0.3) is 0 Å². The van der Waals surface area contributed by atoms with E-state index in [2.05, 4.69) is 82.6 Å². The molecule has 0 spiro atoms. The van der Waals surface area contributed by atoms with E-state index < -0.39 is 0 Å². The first-order valence-electron chi connectivity index (χ1n) is 8.64. The number of methoxy groups -OCH3 is 1. The first-order valence-corrected chi connectivity index (χ1v) is 8.64. The first kappa shape index (κ1) is 15.6. The molecule has 1 aliphatic heterocycles. The van der Waals surface area contributed by atoms with Crippen LogP contribution in [0.3, 0.4) is 0 Å². The van der Waals surface area contributed by atoms with E-state index in [-0.39, 0.29) is 6.17 Å². The molecule has 0 unspecified atom stereocenters. The number of rotatable bonds is 4. The van der Waals surface area contributed by atoms with Crippen molar-refractivity contribution >= 4 is 11.4 Å². The molecule has 0 saturated carbocycles. The predicted octanol–water partition coefficient (Wildman–Crippen LogP) is 4.72. The second-order valence-electron chi connectivity index (χ2n) is 6.20. The third-order valence-corrected chi connectivity index (χ3v) is 4.76. The highest BCUT2D eigenvalue weighted by Crippen LogP contribution is 2.37. The number of hydrogen-bond donors (Lipinski definition) is 0. The lowest BCUT2D eigenvalue weighted by molar-refractivity contribution is 0.414. The smallest absolute Gasteiger partial charge is 0.128 e. The monoisotopic (exact) mass is 330 g/mol. The number of hydrogen-bond acceptors (Lipinski definition) is 3. The van der Waals surface area contributed by atoms with E-state index in [9.17, 15) is 0 Å². The molecule has 0 bridgehead atoms. The van der Waals surface area contributed by atoms with Gasteiger partial charge in [-0.2, -0.15) is 0 Å². The van der Waals surface area contributed by atoms with Crippen molar-refractivity contribution in [3.8, 4) is 5.75 Å². The van der Waals surface area contributed by atoms with E-state index in [0.717, 1.165) is 18.8 Å². The highest BCUT2D eigenvalue weighted by molar-refractivity contribution is 5.59. The molecule has 3 nitrogen and oxygen atoms in total. The Morgan fingerprint density at radius 1 is 0.680 bits per heavy atom. The van der Waals surface area contributed by atoms with Crippen LogP contribution in [0, 0.1) is 0 Å². The molecule has 3 aromatic carbocycles. The van der Waals surface area contributed by atoms with Crippen molar-refractivity contribution in [2.75, 3.05) is 30.0 Å². The van der Waals surface area contributed by atoms with Gasteiger partial charge in [-0.05, 0) is 42.0 Å². The van der Waals surface area contributed by atoms with Crippen LogP contribution in [0.1, 0.15) is 11.7 Å². The molecule has 126 valence electrons. The van der Waals surface area contributed by atoms with Crippen molar-refractivity contribution in [3.63, 3.8) is 0 Å². The number of ether oxygens (including phenoxy) is 1. The molecule has 25 heavy (non-hydrogen) atoms. The minimum absolute atomic E-state index is 0.177. The fourth-order valence-corrected chi connectivity index (χ4v) is 3.54. The molecule has 0 radical (unpaired) electrons. The molecule has 1 fully saturated rings. The standard InChI is InChI=1S/C22H22N2O/c1-25-21-14-12-18(13-15-21)22-23(19-8-4-2-5-9-19)16-17-24(22)20-10-6-3-7-11-20/h2-15,22H,16-17H2,1H3. The summed E-state index contributed by atoms with van der Waals surface area (Å²) in [7, 11) is 1.71. The number of nitrogens with zero attached hydrogens (tertiary/aromatic N) is 2. The van der Waals surface area contributed by atoms with Crippen molar-refractivity contribution in [1.82, 2.24) is 0 Å². The molecule has 0 aromatic heterocycles. The van der Waals surface area contributed by atoms with Gasteiger partial charge in [-0.25, -0.2) is 0 Å². The van der Waals surface area contributed by atoms with Gasteiger partial charge < -0.3 is 14.5 Å². The van der Waals surface area contributed by atoms with Crippen LogP contribution < -0.4 is 14.5 Å². The maximum atomic E-state index is 5.33. The van der Waals surface area contributed by atoms with E-state index in [4.69, 9.17) is 4.74 Å². The van der Waals surface area contributed by atoms with E-state index in [1.165, 1.54) is 16.9 Å². The zero-order valence-corrected chi connectivity index (χ0v) is 14.4. The summed E-state index contributed by atoms with van der Waals surface area (Å²) < 4.78 is 5.33. The van der Waals surface area contributed by atoms with Crippen LogP contribution in [0.15, 0.2) is 84.9 Å². The molecule has 3 aromatic rings. The molecular formula is C22H22N2O. The molecule has 0 aliphatic carbocycles. The Balaban J connectivity index is 1.75. The molecule has 0 N–H and O–H groups in total. The molecule has 1 heterocycles. The lowest BCUT2D eigenvalue weighted by Gasteiger charge is -2.33. The van der Waals surface area contributed by atoms with Gasteiger partial charge in [-0.15, -0.1) is 0 Å². The van der Waals surface area contributed by atoms with E-state index >= 15 is 0 Å². The Labute approximate surface area is 149 Å². The van der Waals surface area contributed by atoms with Gasteiger partial charge in [0, 0.05) is 24.5 Å². The fourth-order valence-electron chi connectivity index (χ4n) is 3.54. The summed E-state index contributed by atoms with van der Waals surface area (Å²) in [6.07, 6.45) is 0.177. The van der Waals surface area contributed by atoms with Crippen LogP contribution >= 0.6 is 0 Å². The van der Waals surface area contributed by atoms with Crippen LogP contribution in [-0.2, 0) is 0 Å². The molecule has 0 amide bonds. The van der Waals surface area contributed by atoms with Crippen LogP contribution in [0.25, 0.3) is 0 Å². The maximum absolute atomic E-state index is 5.33. The summed E-state index contributed by atoms with van der Waals surface area (Å²) in [6, 6.07) is 29.7. The summed E-state index contributed by atoms with van der Waals surface area (Å²) in [5, 5.41) is 0. The van der Waals surface area contributed by atoms with Crippen molar-refractivity contribution in [3.05, 3.63) is 90.5 Å². The quantitative estimate of drug-likeness (QED) is 0.688. The number of benzene rings is 3. The summed E-state index contributed by atoms with van der Waals surface area (Å²) in [5.41, 5.74) is 3.77. The first-order chi connectivity index (χ1) is 12.4. The lowest BCUT2D eigenvalue weighted by atomic mass is 10.1. The third-order valence-electron chi connectivity index (χ3n) is 4.76. The SMILES string of the molecule is COc1ccc(C2N(c3ccccc3)CCN2c2ccccc2)cc1. The second kappa shape index (κ2) is 6.89. The van der Waals surface area contributed by atoms with Crippen LogP contribution in [0.4, 0.5) is 11.4 Å². The van der Waals surface area contributed by atoms with Gasteiger partial charge >= 0.3 is 0 Å². The van der Waals surface area contributed by atoms with E-state index in [0.29, 0.717) is 0 Å². The van der Waals surface area contributed by atoms with Crippen molar-refractivity contribution in [1.29, 1.82) is 0 Å². The molecule has 1 saturated heterocycles. The van der Waals surface area contributed by atoms with Gasteiger partial charge in [0.2, 0.25) is 0 Å². The second-order valence-corrected chi connectivity index (χ2v) is 6.20. The zero-order chi connectivity index (χ0) is 17.1. The number of anilines is 2. The summed E-state index contributed by atoms with van der Waals surface area (Å²) in [5.74, 6) is 0.888. The Hall–Kier alpha value is -2.94. The molecule has 3 heteroatoms. The average molecular weight is 330 g/mol. The average Bonchev–Trinajstić information content (AvgIpc) is 3.14. The molecular weight excluding hydrogens is 308 g/mol. The Morgan fingerprint density at radius 3 is 1.60 bits per heavy atom. The predicted molar refractivity (Wildman–Crippen MR) is 103 cm³/mol. The Kier molecular flexibility index (Phi) is 4.30. The molecule has 1 aliphatic rings. The van der Waals surface area contributed by atoms with Gasteiger partial charge in [0.05, 0.1) is 7.11 Å². The van der Waals surface area contributed by atoms with Crippen LogP contribution in [0.5, 0.6) is 5.75 Å². The van der Waals surface area contributed by atoms with E-state index in [1.807, 2.05) is 12.1 Å². The van der Waals surface area contributed by atoms with Crippen molar-refractivity contribution in [2.45, 2.75) is 6.17 Å². The summed E-state index contributed by atoms with van der Waals surface area (Å²) >= 11 is 0. The van der Waals surface area contributed by atoms with Crippen LogP contribution in [-0.4, -0.2) is 20.2 Å². The number of para-hydroxylation sites is 2. The maximum Gasteiger partial charge on any atom is 0.128 e. The third kappa shape index (κ3) is 3.05. The van der Waals surface area contributed by atoms with Crippen molar-refractivity contribution < 1.29 is 4.74 Å². The highest BCUT2D eigenvalue weighted by Gasteiger charge is 2.33. The summed E-state index contributed by atoms with van der Waals surface area (Å²) in [6.45, 7) is 1.99. The van der Waals surface area contributed by atoms with Crippen molar-refractivity contribution in [2.24, 2.45) is 0 Å². The fraction of sp³-hybridized carbons (Fsp3) is 0.182. The van der Waals surface area contributed by atoms with E-state index in [1.54, 1.807) is 7.11 Å². The highest BCUT2D eigenvalue weighted by atomic mass is 16.5. The Bertz CT molecular complexity index is 755. The lowest BCUT2D eigenvalue weighted by Crippen LogP contribution is -2.30. The topological polar surface area (TPSA) is 15.7 Å². The van der Waals surface area contributed by atoms with Gasteiger partial charge in [-0.1, -0.05) is 48.5 Å². The van der Waals surface area contributed by atoms with Gasteiger partial charge in [0.1, 0.15) is 11.9 Å². The van der Waals surface area contributed by atoms with Gasteiger partial charge in [0.15, 0.2) is 0 Å². The van der Waals surface area contributed by atoms with Gasteiger partial charge in [-0.3, -0.25) is 0 Å². The Morgan fingerprint density at radius 2 is 1.16 bits per heavy atom. The largest absolute Gasteiger partial charge is 0.497 e. The summed E-state index contributed by atoms with van der Waals surface area (Å²) in [4.78, 5) is 4.93. The minimum Gasteiger partial charge on any atom is -0.497 e. The molecule has 4 rings (SSSR count).